The van der Waals surface area contributed by atoms with Crippen molar-refractivity contribution in [2.75, 3.05) is 13.1 Å². The van der Waals surface area contributed by atoms with Crippen molar-refractivity contribution < 1.29 is 0 Å². The van der Waals surface area contributed by atoms with Crippen molar-refractivity contribution in [3.63, 3.8) is 0 Å². The number of nitrogens with zero attached hydrogens (tertiary/aromatic N) is 2. The molecule has 0 radical (unpaired) electrons. The van der Waals surface area contributed by atoms with E-state index in [1.807, 2.05) is 36.7 Å². The first-order chi connectivity index (χ1) is 11.9. The molecule has 2 aromatic heterocycles. The molecule has 0 aromatic carbocycles. The Kier molecular flexibility index (Phi) is 9.76. The summed E-state index contributed by atoms with van der Waals surface area (Å²) < 4.78 is 0. The highest BCUT2D eigenvalue weighted by molar-refractivity contribution is 5.03. The standard InChI is InChI=1S/C20H30N4/c1(3-7-13-21-17-19-11-5-9-15-23-19)2-4-8-14-22-18-20-12-6-10-16-24-20/h5-6,9-12,15-16,21-22H,1-4,7-8,13-14,17-18H2. The van der Waals surface area contributed by atoms with Crippen LogP contribution in [0.25, 0.3) is 0 Å². The molecule has 4 heteroatoms. The van der Waals surface area contributed by atoms with Gasteiger partial charge >= 0.3 is 0 Å². The minimum Gasteiger partial charge on any atom is -0.311 e. The van der Waals surface area contributed by atoms with Crippen LogP contribution in [-0.2, 0) is 13.1 Å². The van der Waals surface area contributed by atoms with Gasteiger partial charge in [-0.1, -0.05) is 37.8 Å². The fourth-order valence-electron chi connectivity index (χ4n) is 2.65. The number of hydrogen-bond donors (Lipinski definition) is 2. The van der Waals surface area contributed by atoms with Crippen LogP contribution in [0.2, 0.25) is 0 Å². The molecule has 0 atom stereocenters. The second kappa shape index (κ2) is 12.6. The normalized spacial score (nSPS) is 10.8. The number of pyridine rings is 2. The van der Waals surface area contributed by atoms with Gasteiger partial charge in [0, 0.05) is 25.5 Å². The van der Waals surface area contributed by atoms with Crippen molar-refractivity contribution in [2.45, 2.75) is 51.6 Å². The molecule has 4 nitrogen and oxygen atoms in total. The average Bonchev–Trinajstić information content (AvgIpc) is 2.64. The van der Waals surface area contributed by atoms with Gasteiger partial charge in [-0.15, -0.1) is 0 Å². The smallest absolute Gasteiger partial charge is 0.0541 e. The molecule has 0 aliphatic heterocycles. The van der Waals surface area contributed by atoms with E-state index < -0.39 is 0 Å². The lowest BCUT2D eigenvalue weighted by Crippen LogP contribution is -2.15. The van der Waals surface area contributed by atoms with Crippen molar-refractivity contribution in [3.8, 4) is 0 Å². The van der Waals surface area contributed by atoms with Crippen LogP contribution in [0.5, 0.6) is 0 Å². The zero-order valence-corrected chi connectivity index (χ0v) is 14.6. The highest BCUT2D eigenvalue weighted by Crippen LogP contribution is 2.05. The van der Waals surface area contributed by atoms with Gasteiger partial charge in [0.15, 0.2) is 0 Å². The van der Waals surface area contributed by atoms with Crippen molar-refractivity contribution in [2.24, 2.45) is 0 Å². The summed E-state index contributed by atoms with van der Waals surface area (Å²) in [5.41, 5.74) is 2.24. The second-order valence-corrected chi connectivity index (χ2v) is 6.12. The minimum atomic E-state index is 0.878. The Hall–Kier alpha value is -1.78. The Balaban J connectivity index is 1.32. The Morgan fingerprint density at radius 1 is 0.583 bits per heavy atom. The van der Waals surface area contributed by atoms with Gasteiger partial charge in [0.1, 0.15) is 0 Å². The van der Waals surface area contributed by atoms with Crippen LogP contribution in [0.4, 0.5) is 0 Å². The van der Waals surface area contributed by atoms with E-state index in [-0.39, 0.29) is 0 Å². The zero-order chi connectivity index (χ0) is 16.7. The summed E-state index contributed by atoms with van der Waals surface area (Å²) >= 11 is 0. The molecule has 0 bridgehead atoms. The maximum atomic E-state index is 4.31. The lowest BCUT2D eigenvalue weighted by molar-refractivity contribution is 0.547. The van der Waals surface area contributed by atoms with Crippen LogP contribution >= 0.6 is 0 Å². The molecule has 0 aliphatic rings. The maximum absolute atomic E-state index is 4.31. The van der Waals surface area contributed by atoms with E-state index in [0.717, 1.165) is 37.6 Å². The largest absolute Gasteiger partial charge is 0.311 e. The van der Waals surface area contributed by atoms with Crippen LogP contribution in [-0.4, -0.2) is 23.1 Å². The van der Waals surface area contributed by atoms with E-state index in [1.54, 1.807) is 0 Å². The molecule has 0 saturated heterocycles. The predicted octanol–water partition coefficient (Wildman–Crippen LogP) is 3.70. The molecule has 24 heavy (non-hydrogen) atoms. The van der Waals surface area contributed by atoms with Gasteiger partial charge < -0.3 is 10.6 Å². The monoisotopic (exact) mass is 326 g/mol. The lowest BCUT2D eigenvalue weighted by atomic mass is 10.1. The Morgan fingerprint density at radius 3 is 1.46 bits per heavy atom. The highest BCUT2D eigenvalue weighted by Gasteiger charge is 1.95. The van der Waals surface area contributed by atoms with E-state index >= 15 is 0 Å². The first-order valence-corrected chi connectivity index (χ1v) is 9.16. The molecule has 130 valence electrons. The van der Waals surface area contributed by atoms with Gasteiger partial charge in [-0.05, 0) is 50.2 Å². The summed E-state index contributed by atoms with van der Waals surface area (Å²) in [5, 5.41) is 6.92. The highest BCUT2D eigenvalue weighted by atomic mass is 14.9. The van der Waals surface area contributed by atoms with Gasteiger partial charge in [0.25, 0.3) is 0 Å². The van der Waals surface area contributed by atoms with Gasteiger partial charge in [0.2, 0.25) is 0 Å². The van der Waals surface area contributed by atoms with E-state index in [2.05, 4.69) is 32.7 Å². The average molecular weight is 326 g/mol. The molecule has 0 spiro atoms. The van der Waals surface area contributed by atoms with E-state index in [1.165, 1.54) is 38.5 Å². The molecule has 0 aliphatic carbocycles. The Morgan fingerprint density at radius 2 is 1.04 bits per heavy atom. The molecule has 2 aromatic rings. The molecular weight excluding hydrogens is 296 g/mol. The molecule has 2 heterocycles. The summed E-state index contributed by atoms with van der Waals surface area (Å²) in [7, 11) is 0. The van der Waals surface area contributed by atoms with Gasteiger partial charge in [-0.25, -0.2) is 0 Å². The topological polar surface area (TPSA) is 49.8 Å². The molecule has 0 saturated carbocycles. The fourth-order valence-corrected chi connectivity index (χ4v) is 2.65. The SMILES string of the molecule is c1ccc(CNCCCCCCCCNCc2ccccn2)nc1. The molecule has 2 N–H and O–H groups in total. The number of rotatable bonds is 13. The van der Waals surface area contributed by atoms with Crippen molar-refractivity contribution in [3.05, 3.63) is 60.2 Å². The van der Waals surface area contributed by atoms with Crippen LogP contribution in [0, 0.1) is 0 Å². The van der Waals surface area contributed by atoms with Crippen LogP contribution in [0.3, 0.4) is 0 Å². The number of aromatic nitrogens is 2. The predicted molar refractivity (Wildman–Crippen MR) is 99.6 cm³/mol. The van der Waals surface area contributed by atoms with Crippen molar-refractivity contribution in [1.29, 1.82) is 0 Å². The molecule has 0 amide bonds. The minimum absolute atomic E-state index is 0.878. The molecule has 0 fully saturated rings. The van der Waals surface area contributed by atoms with Crippen molar-refractivity contribution >= 4 is 0 Å². The van der Waals surface area contributed by atoms with Gasteiger partial charge in [-0.3, -0.25) is 9.97 Å². The number of hydrogen-bond acceptors (Lipinski definition) is 4. The third-order valence-electron chi connectivity index (χ3n) is 4.02. The maximum Gasteiger partial charge on any atom is 0.0541 e. The van der Waals surface area contributed by atoms with E-state index in [9.17, 15) is 0 Å². The fraction of sp³-hybridized carbons (Fsp3) is 0.500. The van der Waals surface area contributed by atoms with Crippen LogP contribution in [0.15, 0.2) is 48.8 Å². The summed E-state index contributed by atoms with van der Waals surface area (Å²) in [6, 6.07) is 12.1. The summed E-state index contributed by atoms with van der Waals surface area (Å²) in [6.45, 7) is 3.93. The van der Waals surface area contributed by atoms with Gasteiger partial charge in [-0.2, -0.15) is 0 Å². The summed E-state index contributed by atoms with van der Waals surface area (Å²) in [6.07, 6.45) is 11.5. The third-order valence-corrected chi connectivity index (χ3v) is 4.02. The Labute approximate surface area is 146 Å². The Bertz CT molecular complexity index is 466. The molecule has 0 unspecified atom stereocenters. The first-order valence-electron chi connectivity index (χ1n) is 9.16. The number of nitrogens with one attached hydrogen (secondary N) is 2. The summed E-state index contributed by atoms with van der Waals surface area (Å²) in [5.74, 6) is 0. The second-order valence-electron chi connectivity index (χ2n) is 6.12. The molecular formula is C20H30N4. The van der Waals surface area contributed by atoms with Crippen molar-refractivity contribution in [1.82, 2.24) is 20.6 Å². The quantitative estimate of drug-likeness (QED) is 0.551. The zero-order valence-electron chi connectivity index (χ0n) is 14.6. The lowest BCUT2D eigenvalue weighted by Gasteiger charge is -2.05. The van der Waals surface area contributed by atoms with Crippen LogP contribution < -0.4 is 10.6 Å². The van der Waals surface area contributed by atoms with Gasteiger partial charge in [0.05, 0.1) is 11.4 Å². The summed E-state index contributed by atoms with van der Waals surface area (Å²) in [4.78, 5) is 8.62. The molecule has 2 rings (SSSR count). The van der Waals surface area contributed by atoms with E-state index in [4.69, 9.17) is 0 Å². The number of unbranched alkanes of at least 4 members (excludes halogenated alkanes) is 5. The first kappa shape index (κ1) is 18.6. The van der Waals surface area contributed by atoms with E-state index in [0.29, 0.717) is 0 Å². The third kappa shape index (κ3) is 8.75. The van der Waals surface area contributed by atoms with Crippen LogP contribution in [0.1, 0.15) is 49.9 Å².